The first-order chi connectivity index (χ1) is 13.8. The van der Waals surface area contributed by atoms with Crippen LogP contribution in [0.3, 0.4) is 0 Å². The molecule has 6 rings (SSSR count). The van der Waals surface area contributed by atoms with Crippen molar-refractivity contribution in [2.75, 3.05) is 26.2 Å². The highest BCUT2D eigenvalue weighted by Gasteiger charge is 2.37. The molecule has 158 valence electrons. The molecular weight excluding hydrogens is 342 g/mol. The normalized spacial score (nSPS) is 36.0. The summed E-state index contributed by atoms with van der Waals surface area (Å²) in [5.41, 5.74) is 5.56. The summed E-state index contributed by atoms with van der Waals surface area (Å²) < 4.78 is 0. The highest BCUT2D eigenvalue weighted by Crippen LogP contribution is 2.47. The molecule has 6 aliphatic carbocycles. The third-order valence-electron chi connectivity index (χ3n) is 8.11. The molecule has 0 radical (unpaired) electrons. The molecule has 0 saturated heterocycles. The molecule has 0 aromatic heterocycles. The number of fused-ring (bicyclic) bond motifs is 2. The van der Waals surface area contributed by atoms with Crippen LogP contribution in [0.15, 0.2) is 24.3 Å². The molecule has 28 heavy (non-hydrogen) atoms. The van der Waals surface area contributed by atoms with Gasteiger partial charge in [0, 0.05) is 6.04 Å². The van der Waals surface area contributed by atoms with Gasteiger partial charge in [0.15, 0.2) is 0 Å². The Hall–Kier alpha value is -0.640. The van der Waals surface area contributed by atoms with Crippen LogP contribution in [0.5, 0.6) is 0 Å². The third-order valence-corrected chi connectivity index (χ3v) is 8.11. The number of hydrogen-bond acceptors (Lipinski definition) is 3. The fourth-order valence-electron chi connectivity index (χ4n) is 6.02. The quantitative estimate of drug-likeness (QED) is 0.309. The van der Waals surface area contributed by atoms with Gasteiger partial charge in [-0.2, -0.15) is 0 Å². The van der Waals surface area contributed by atoms with Gasteiger partial charge in [-0.1, -0.05) is 24.3 Å². The molecule has 0 aliphatic heterocycles. The van der Waals surface area contributed by atoms with E-state index in [4.69, 9.17) is 5.73 Å². The van der Waals surface area contributed by atoms with Gasteiger partial charge in [-0.3, -0.25) is 0 Å². The van der Waals surface area contributed by atoms with Gasteiger partial charge in [-0.25, -0.2) is 0 Å². The van der Waals surface area contributed by atoms with Crippen LogP contribution in [0.4, 0.5) is 0 Å². The van der Waals surface area contributed by atoms with Crippen LogP contribution in [0.1, 0.15) is 64.2 Å². The smallest absolute Gasteiger partial charge is 0.00675 e. The minimum Gasteiger partial charge on any atom is -0.330 e. The fraction of sp³-hybridized carbons (Fsp3) is 0.840. The molecule has 4 bridgehead atoms. The summed E-state index contributed by atoms with van der Waals surface area (Å²) >= 11 is 0. The Morgan fingerprint density at radius 3 is 1.82 bits per heavy atom. The second-order valence-electron chi connectivity index (χ2n) is 10.1. The molecule has 0 spiro atoms. The maximum atomic E-state index is 5.56. The van der Waals surface area contributed by atoms with Gasteiger partial charge in [0.1, 0.15) is 0 Å². The van der Waals surface area contributed by atoms with Crippen LogP contribution >= 0.6 is 0 Å². The zero-order valence-corrected chi connectivity index (χ0v) is 17.8. The van der Waals surface area contributed by atoms with Crippen LogP contribution in [-0.2, 0) is 0 Å². The zero-order chi connectivity index (χ0) is 19.2. The van der Waals surface area contributed by atoms with Gasteiger partial charge in [-0.15, -0.1) is 0 Å². The van der Waals surface area contributed by atoms with Crippen LogP contribution in [-0.4, -0.2) is 32.2 Å². The molecule has 0 heterocycles. The number of allylic oxidation sites excluding steroid dienone is 4. The van der Waals surface area contributed by atoms with Crippen LogP contribution in [0.25, 0.3) is 0 Å². The summed E-state index contributed by atoms with van der Waals surface area (Å²) in [6.45, 7) is 4.12. The molecule has 6 aliphatic rings. The van der Waals surface area contributed by atoms with Crippen LogP contribution < -0.4 is 16.4 Å². The lowest BCUT2D eigenvalue weighted by Crippen LogP contribution is -2.37. The Labute approximate surface area is 173 Å². The maximum absolute atomic E-state index is 5.56. The van der Waals surface area contributed by atoms with Crippen molar-refractivity contribution < 1.29 is 0 Å². The molecule has 3 nitrogen and oxygen atoms in total. The Balaban J connectivity index is 1.18. The third kappa shape index (κ3) is 5.49. The van der Waals surface area contributed by atoms with Crippen LogP contribution in [0, 0.1) is 35.5 Å². The van der Waals surface area contributed by atoms with Gasteiger partial charge in [0.2, 0.25) is 0 Å². The Morgan fingerprint density at radius 2 is 1.32 bits per heavy atom. The first kappa shape index (κ1) is 20.6. The van der Waals surface area contributed by atoms with E-state index < -0.39 is 0 Å². The van der Waals surface area contributed by atoms with E-state index in [0.717, 1.165) is 68.1 Å². The molecular formula is C25H43N3. The predicted octanol–water partition coefficient (Wildman–Crippen LogP) is 4.26. The maximum Gasteiger partial charge on any atom is 0.00675 e. The van der Waals surface area contributed by atoms with E-state index in [2.05, 4.69) is 34.9 Å². The molecule has 0 aromatic carbocycles. The molecule has 2 unspecified atom stereocenters. The number of hydrogen-bond donors (Lipinski definition) is 3. The molecule has 2 fully saturated rings. The number of rotatable bonds is 14. The van der Waals surface area contributed by atoms with Crippen molar-refractivity contribution in [1.82, 2.24) is 10.6 Å². The summed E-state index contributed by atoms with van der Waals surface area (Å²) in [4.78, 5) is 0. The topological polar surface area (TPSA) is 50.1 Å². The highest BCUT2D eigenvalue weighted by atomic mass is 14.9. The number of nitrogens with one attached hydrogen (secondary N) is 2. The van der Waals surface area contributed by atoms with Crippen molar-refractivity contribution in [3.05, 3.63) is 24.3 Å². The minimum atomic E-state index is 0.710. The summed E-state index contributed by atoms with van der Waals surface area (Å²) in [5.74, 6) is 5.63. The second kappa shape index (κ2) is 10.4. The Morgan fingerprint density at radius 1 is 0.750 bits per heavy atom. The van der Waals surface area contributed by atoms with Crippen molar-refractivity contribution in [2.45, 2.75) is 70.3 Å². The predicted molar refractivity (Wildman–Crippen MR) is 119 cm³/mol. The van der Waals surface area contributed by atoms with Crippen molar-refractivity contribution in [3.8, 4) is 0 Å². The molecule has 2 saturated carbocycles. The van der Waals surface area contributed by atoms with E-state index in [-0.39, 0.29) is 0 Å². The lowest BCUT2D eigenvalue weighted by Gasteiger charge is -2.43. The first-order valence-electron chi connectivity index (χ1n) is 12.3. The van der Waals surface area contributed by atoms with Gasteiger partial charge in [0.05, 0.1) is 0 Å². The van der Waals surface area contributed by atoms with Crippen molar-refractivity contribution in [1.29, 1.82) is 0 Å². The molecule has 0 amide bonds. The van der Waals surface area contributed by atoms with Crippen molar-refractivity contribution in [3.63, 3.8) is 0 Å². The van der Waals surface area contributed by atoms with E-state index in [0.29, 0.717) is 6.04 Å². The summed E-state index contributed by atoms with van der Waals surface area (Å²) in [6.07, 6.45) is 23.9. The largest absolute Gasteiger partial charge is 0.330 e. The standard InChI is InChI=1S/C25H43N3/c26-11-1-12-27-13-2-14-28-25(9-7-21-5-3-19-15-23(21)16-19)10-8-22-6-4-20-17-24(22)18-20/h3-6,19-25,27-28H,1-2,7-18,26H2. The van der Waals surface area contributed by atoms with E-state index in [9.17, 15) is 0 Å². The Bertz CT molecular complexity index is 478. The number of nitrogens with two attached hydrogens (primary N) is 1. The van der Waals surface area contributed by atoms with Crippen LogP contribution in [0.2, 0.25) is 0 Å². The van der Waals surface area contributed by atoms with E-state index in [1.54, 1.807) is 0 Å². The Kier molecular flexibility index (Phi) is 7.67. The van der Waals surface area contributed by atoms with Gasteiger partial charge >= 0.3 is 0 Å². The summed E-state index contributed by atoms with van der Waals surface area (Å²) in [5, 5.41) is 7.44. The molecule has 0 aromatic rings. The fourth-order valence-corrected chi connectivity index (χ4v) is 6.02. The molecule has 4 N–H and O–H groups in total. The SMILES string of the molecule is NCCCNCCCNC(CCC1C=CC2CC1C2)CCC1C=CC2CC1C2. The van der Waals surface area contributed by atoms with Gasteiger partial charge in [0.25, 0.3) is 0 Å². The second-order valence-corrected chi connectivity index (χ2v) is 10.1. The van der Waals surface area contributed by atoms with Crippen molar-refractivity contribution >= 4 is 0 Å². The van der Waals surface area contributed by atoms with Gasteiger partial charge < -0.3 is 16.4 Å². The molecule has 2 atom stereocenters. The average molecular weight is 386 g/mol. The van der Waals surface area contributed by atoms with E-state index in [1.165, 1.54) is 57.8 Å². The highest BCUT2D eigenvalue weighted by molar-refractivity contribution is 5.10. The van der Waals surface area contributed by atoms with E-state index >= 15 is 0 Å². The molecule has 3 heteroatoms. The monoisotopic (exact) mass is 385 g/mol. The first-order valence-corrected chi connectivity index (χ1v) is 12.3. The minimum absolute atomic E-state index is 0.710. The van der Waals surface area contributed by atoms with E-state index in [1.807, 2.05) is 0 Å². The zero-order valence-electron chi connectivity index (χ0n) is 17.8. The lowest BCUT2D eigenvalue weighted by molar-refractivity contribution is 0.143. The van der Waals surface area contributed by atoms with Gasteiger partial charge in [-0.05, 0) is 126 Å². The summed E-state index contributed by atoms with van der Waals surface area (Å²) in [7, 11) is 0. The summed E-state index contributed by atoms with van der Waals surface area (Å²) in [6, 6.07) is 0.710. The lowest BCUT2D eigenvalue weighted by atomic mass is 9.62. The van der Waals surface area contributed by atoms with Crippen molar-refractivity contribution in [2.24, 2.45) is 41.2 Å². The average Bonchev–Trinajstić information content (AvgIpc) is 2.67.